The Morgan fingerprint density at radius 1 is 1.73 bits per heavy atom. The van der Waals surface area contributed by atoms with E-state index in [0.717, 1.165) is 17.3 Å². The predicted molar refractivity (Wildman–Crippen MR) is 42.2 cm³/mol. The van der Waals surface area contributed by atoms with E-state index in [0.29, 0.717) is 5.89 Å². The molecule has 0 aliphatic rings. The van der Waals surface area contributed by atoms with E-state index < -0.39 is 0 Å². The summed E-state index contributed by atoms with van der Waals surface area (Å²) in [6.45, 7) is 1.65. The van der Waals surface area contributed by atoms with E-state index in [2.05, 4.69) is 14.7 Å². The standard InChI is InChI=1S/C5H6N4OS/c1-3-8-5(9-10-3)4(7)11-2-6/h2,6-7H,1H3. The molecule has 0 spiro atoms. The summed E-state index contributed by atoms with van der Waals surface area (Å²) in [6, 6.07) is 0. The summed E-state index contributed by atoms with van der Waals surface area (Å²) < 4.78 is 4.64. The lowest BCUT2D eigenvalue weighted by molar-refractivity contribution is 0.392. The minimum absolute atomic E-state index is 0.122. The third-order valence-electron chi connectivity index (χ3n) is 0.907. The predicted octanol–water partition coefficient (Wildman–Crippen LogP) is 1.04. The van der Waals surface area contributed by atoms with E-state index in [-0.39, 0.29) is 10.9 Å². The molecule has 58 valence electrons. The molecule has 0 amide bonds. The van der Waals surface area contributed by atoms with Crippen LogP contribution in [0.2, 0.25) is 0 Å². The summed E-state index contributed by atoms with van der Waals surface area (Å²) in [7, 11) is 0. The first kappa shape index (κ1) is 7.93. The van der Waals surface area contributed by atoms with Crippen molar-refractivity contribution in [2.24, 2.45) is 0 Å². The highest BCUT2D eigenvalue weighted by molar-refractivity contribution is 8.25. The van der Waals surface area contributed by atoms with Gasteiger partial charge in [-0.2, -0.15) is 4.98 Å². The molecule has 1 aromatic heterocycles. The van der Waals surface area contributed by atoms with Crippen LogP contribution < -0.4 is 0 Å². The van der Waals surface area contributed by atoms with Gasteiger partial charge < -0.3 is 9.93 Å². The molecule has 0 atom stereocenters. The summed E-state index contributed by atoms with van der Waals surface area (Å²) in [4.78, 5) is 3.80. The van der Waals surface area contributed by atoms with Crippen LogP contribution in [0.3, 0.4) is 0 Å². The summed E-state index contributed by atoms with van der Waals surface area (Å²) in [5.41, 5.74) is 1.05. The zero-order valence-electron chi connectivity index (χ0n) is 5.79. The van der Waals surface area contributed by atoms with Crippen LogP contribution >= 0.6 is 11.8 Å². The van der Waals surface area contributed by atoms with Crippen molar-refractivity contribution in [3.05, 3.63) is 11.7 Å². The van der Waals surface area contributed by atoms with Gasteiger partial charge in [-0.05, 0) is 0 Å². The summed E-state index contributed by atoms with van der Waals surface area (Å²) in [6.07, 6.45) is 0. The third-order valence-corrected chi connectivity index (χ3v) is 1.44. The normalized spacial score (nSPS) is 9.55. The SMILES string of the molecule is Cc1nc(C(=N)SC=N)no1. The second-order valence-electron chi connectivity index (χ2n) is 1.70. The monoisotopic (exact) mass is 170 g/mol. The summed E-state index contributed by atoms with van der Waals surface area (Å²) in [5.74, 6) is 0.659. The Balaban J connectivity index is 2.76. The van der Waals surface area contributed by atoms with Crippen molar-refractivity contribution in [2.45, 2.75) is 6.92 Å². The minimum atomic E-state index is 0.122. The van der Waals surface area contributed by atoms with Crippen molar-refractivity contribution in [2.75, 3.05) is 0 Å². The van der Waals surface area contributed by atoms with Crippen molar-refractivity contribution in [1.82, 2.24) is 10.1 Å². The van der Waals surface area contributed by atoms with Gasteiger partial charge >= 0.3 is 0 Å². The molecule has 1 aromatic rings. The van der Waals surface area contributed by atoms with Crippen molar-refractivity contribution < 1.29 is 4.52 Å². The molecule has 0 radical (unpaired) electrons. The van der Waals surface area contributed by atoms with Crippen LogP contribution in [0.1, 0.15) is 11.7 Å². The third kappa shape index (κ3) is 1.87. The van der Waals surface area contributed by atoms with Crippen LogP contribution in [0.25, 0.3) is 0 Å². The number of hydrogen-bond acceptors (Lipinski definition) is 6. The molecule has 0 fully saturated rings. The number of nitrogens with zero attached hydrogens (tertiary/aromatic N) is 2. The van der Waals surface area contributed by atoms with Gasteiger partial charge in [-0.15, -0.1) is 0 Å². The highest BCUT2D eigenvalue weighted by atomic mass is 32.2. The number of aryl methyl sites for hydroxylation is 1. The van der Waals surface area contributed by atoms with Gasteiger partial charge in [-0.25, -0.2) is 0 Å². The lowest BCUT2D eigenvalue weighted by atomic mass is 10.7. The maximum absolute atomic E-state index is 7.27. The molecule has 1 rings (SSSR count). The molecule has 0 unspecified atom stereocenters. The van der Waals surface area contributed by atoms with Crippen LogP contribution in [0.5, 0.6) is 0 Å². The fraction of sp³-hybridized carbons (Fsp3) is 0.200. The van der Waals surface area contributed by atoms with Crippen LogP contribution in [0.15, 0.2) is 4.52 Å². The Kier molecular flexibility index (Phi) is 2.37. The highest BCUT2D eigenvalue weighted by Gasteiger charge is 2.07. The molecule has 0 aliphatic heterocycles. The Labute approximate surface area is 67.2 Å². The number of hydrogen-bond donors (Lipinski definition) is 2. The Hall–Kier alpha value is -1.17. The summed E-state index contributed by atoms with van der Waals surface area (Å²) >= 11 is 0.938. The highest BCUT2D eigenvalue weighted by Crippen LogP contribution is 2.05. The lowest BCUT2D eigenvalue weighted by Gasteiger charge is -1.87. The molecule has 0 saturated carbocycles. The van der Waals surface area contributed by atoms with Gasteiger partial charge in [0.1, 0.15) is 5.04 Å². The molecule has 0 aromatic carbocycles. The van der Waals surface area contributed by atoms with Crippen molar-refractivity contribution in [3.8, 4) is 0 Å². The van der Waals surface area contributed by atoms with Gasteiger partial charge in [0.2, 0.25) is 11.7 Å². The van der Waals surface area contributed by atoms with Crippen molar-refractivity contribution in [1.29, 1.82) is 10.8 Å². The van der Waals surface area contributed by atoms with Crippen molar-refractivity contribution >= 4 is 22.4 Å². The largest absolute Gasteiger partial charge is 0.339 e. The van der Waals surface area contributed by atoms with E-state index in [1.165, 1.54) is 0 Å². The fourth-order valence-corrected chi connectivity index (χ4v) is 0.809. The maximum Gasteiger partial charge on any atom is 0.227 e. The molecule has 0 saturated heterocycles. The van der Waals surface area contributed by atoms with Gasteiger partial charge in [0.05, 0.1) is 5.55 Å². The molecular weight excluding hydrogens is 164 g/mol. The maximum atomic E-state index is 7.27. The van der Waals surface area contributed by atoms with Crippen LogP contribution in [0, 0.1) is 17.7 Å². The zero-order chi connectivity index (χ0) is 8.27. The smallest absolute Gasteiger partial charge is 0.227 e. The number of aromatic nitrogens is 2. The second kappa shape index (κ2) is 3.29. The van der Waals surface area contributed by atoms with E-state index >= 15 is 0 Å². The minimum Gasteiger partial charge on any atom is -0.339 e. The topological polar surface area (TPSA) is 86.6 Å². The molecule has 1 heterocycles. The Morgan fingerprint density at radius 3 is 2.91 bits per heavy atom. The van der Waals surface area contributed by atoms with Crippen LogP contribution in [-0.4, -0.2) is 20.7 Å². The average molecular weight is 170 g/mol. The Bertz CT molecular complexity index is 282. The van der Waals surface area contributed by atoms with Crippen molar-refractivity contribution in [3.63, 3.8) is 0 Å². The number of nitrogens with one attached hydrogen (secondary N) is 2. The molecule has 6 heteroatoms. The fourth-order valence-electron chi connectivity index (χ4n) is 0.503. The molecule has 5 nitrogen and oxygen atoms in total. The first-order valence-electron chi connectivity index (χ1n) is 2.79. The lowest BCUT2D eigenvalue weighted by Crippen LogP contribution is -1.95. The van der Waals surface area contributed by atoms with Crippen LogP contribution in [-0.2, 0) is 0 Å². The zero-order valence-corrected chi connectivity index (χ0v) is 6.60. The molecule has 0 bridgehead atoms. The van der Waals surface area contributed by atoms with E-state index in [1.54, 1.807) is 6.92 Å². The van der Waals surface area contributed by atoms with Crippen LogP contribution in [0.4, 0.5) is 0 Å². The summed E-state index contributed by atoms with van der Waals surface area (Å²) in [5, 5.41) is 17.6. The Morgan fingerprint density at radius 2 is 2.45 bits per heavy atom. The first-order chi connectivity index (χ1) is 5.24. The quantitative estimate of drug-likeness (QED) is 0.513. The van der Waals surface area contributed by atoms with E-state index in [4.69, 9.17) is 10.8 Å². The van der Waals surface area contributed by atoms with Gasteiger partial charge in [-0.3, -0.25) is 5.41 Å². The van der Waals surface area contributed by atoms with E-state index in [9.17, 15) is 0 Å². The molecule has 11 heavy (non-hydrogen) atoms. The van der Waals surface area contributed by atoms with Gasteiger partial charge in [-0.1, -0.05) is 16.9 Å². The second-order valence-corrected chi connectivity index (χ2v) is 2.58. The molecule has 2 N–H and O–H groups in total. The number of rotatable bonds is 2. The van der Waals surface area contributed by atoms with Gasteiger partial charge in [0.25, 0.3) is 0 Å². The van der Waals surface area contributed by atoms with Gasteiger partial charge in [0, 0.05) is 6.92 Å². The van der Waals surface area contributed by atoms with E-state index in [1.807, 2.05) is 0 Å². The molecular formula is C5H6N4OS. The van der Waals surface area contributed by atoms with Gasteiger partial charge in [0.15, 0.2) is 0 Å². The first-order valence-corrected chi connectivity index (χ1v) is 3.67. The number of thioether (sulfide) groups is 1. The molecule has 0 aliphatic carbocycles. The average Bonchev–Trinajstić information content (AvgIpc) is 2.36.